The van der Waals surface area contributed by atoms with Gasteiger partial charge >= 0.3 is 0 Å². The van der Waals surface area contributed by atoms with E-state index in [0.717, 1.165) is 16.8 Å². The molecule has 2 aromatic rings. The lowest BCUT2D eigenvalue weighted by Crippen LogP contribution is -2.59. The molecule has 0 radical (unpaired) electrons. The minimum Gasteiger partial charge on any atom is -0.394 e. The molecule has 7 atom stereocenters. The Hall–Kier alpha value is -3.75. The maximum atomic E-state index is 14.9. The van der Waals surface area contributed by atoms with Gasteiger partial charge in [-0.15, -0.1) is 13.2 Å². The summed E-state index contributed by atoms with van der Waals surface area (Å²) in [5.74, 6) is -2.70. The SMILES string of the molecule is C=CCN(C(=O)[C@H]1[C@H]2C(=O)N([C@H](C)CO)C(C(=O)N(CC=C)c3c(C)cccc3C)C23CC(C)[C@]1(C)O3)c1ccccc1. The molecule has 0 saturated carbocycles. The Morgan fingerprint density at radius 2 is 1.65 bits per heavy atom. The van der Waals surface area contributed by atoms with Crippen molar-refractivity contribution >= 4 is 29.1 Å². The Labute approximate surface area is 254 Å². The van der Waals surface area contributed by atoms with Gasteiger partial charge in [0.15, 0.2) is 0 Å². The van der Waals surface area contributed by atoms with E-state index in [2.05, 4.69) is 13.2 Å². The van der Waals surface area contributed by atoms with E-state index < -0.39 is 35.1 Å². The predicted molar refractivity (Wildman–Crippen MR) is 168 cm³/mol. The third kappa shape index (κ3) is 4.54. The summed E-state index contributed by atoms with van der Waals surface area (Å²) in [6.45, 7) is 17.5. The number of rotatable bonds is 10. The van der Waals surface area contributed by atoms with E-state index in [0.29, 0.717) is 12.1 Å². The number of ether oxygens (including phenoxy) is 1. The normalized spacial score (nSPS) is 29.7. The topological polar surface area (TPSA) is 90.4 Å². The van der Waals surface area contributed by atoms with Gasteiger partial charge in [-0.3, -0.25) is 14.4 Å². The molecule has 0 aromatic heterocycles. The van der Waals surface area contributed by atoms with E-state index in [1.54, 1.807) is 28.9 Å². The smallest absolute Gasteiger partial charge is 0.253 e. The lowest BCUT2D eigenvalue weighted by molar-refractivity contribution is -0.148. The number of amides is 3. The lowest BCUT2D eigenvalue weighted by Gasteiger charge is -2.39. The van der Waals surface area contributed by atoms with Crippen LogP contribution in [0.5, 0.6) is 0 Å². The molecule has 2 aromatic carbocycles. The molecule has 1 spiro atoms. The van der Waals surface area contributed by atoms with Crippen molar-refractivity contribution in [2.24, 2.45) is 17.8 Å². The molecule has 3 heterocycles. The summed E-state index contributed by atoms with van der Waals surface area (Å²) in [6.07, 6.45) is 3.78. The molecule has 1 N–H and O–H groups in total. The van der Waals surface area contributed by atoms with Gasteiger partial charge in [-0.2, -0.15) is 0 Å². The molecule has 3 fully saturated rings. The number of aryl methyl sites for hydroxylation is 2. The van der Waals surface area contributed by atoms with E-state index in [4.69, 9.17) is 4.74 Å². The van der Waals surface area contributed by atoms with Crippen molar-refractivity contribution in [3.63, 3.8) is 0 Å². The second-order valence-electron chi connectivity index (χ2n) is 12.5. The number of benzene rings is 2. The van der Waals surface area contributed by atoms with Crippen LogP contribution in [0.25, 0.3) is 0 Å². The minimum atomic E-state index is -1.24. The fraction of sp³-hybridized carbons (Fsp3) is 0.457. The first-order valence-corrected chi connectivity index (χ1v) is 15.1. The van der Waals surface area contributed by atoms with Gasteiger partial charge in [0.2, 0.25) is 11.8 Å². The summed E-state index contributed by atoms with van der Waals surface area (Å²) in [4.78, 5) is 48.9. The van der Waals surface area contributed by atoms with Crippen molar-refractivity contribution in [1.82, 2.24) is 4.90 Å². The Bertz CT molecular complexity index is 1420. The molecule has 228 valence electrons. The molecular formula is C35H43N3O5. The monoisotopic (exact) mass is 585 g/mol. The minimum absolute atomic E-state index is 0.111. The zero-order valence-corrected chi connectivity index (χ0v) is 25.8. The average molecular weight is 586 g/mol. The molecule has 3 aliphatic heterocycles. The summed E-state index contributed by atoms with van der Waals surface area (Å²) < 4.78 is 6.94. The second kappa shape index (κ2) is 11.4. The fourth-order valence-corrected chi connectivity index (χ4v) is 7.92. The van der Waals surface area contributed by atoms with Gasteiger partial charge in [-0.05, 0) is 63.3 Å². The van der Waals surface area contributed by atoms with Crippen LogP contribution in [0.1, 0.15) is 38.3 Å². The van der Waals surface area contributed by atoms with Crippen LogP contribution in [0.15, 0.2) is 73.8 Å². The Balaban J connectivity index is 1.66. The molecule has 5 rings (SSSR count). The van der Waals surface area contributed by atoms with Crippen molar-refractivity contribution in [2.75, 3.05) is 29.5 Å². The number of likely N-dealkylation sites (tertiary alicyclic amines) is 1. The van der Waals surface area contributed by atoms with Gasteiger partial charge in [-0.1, -0.05) is 55.5 Å². The van der Waals surface area contributed by atoms with Crippen molar-refractivity contribution < 1.29 is 24.2 Å². The number of fused-ring (bicyclic) bond motifs is 1. The number of anilines is 2. The Kier molecular flexibility index (Phi) is 8.13. The predicted octanol–water partition coefficient (Wildman–Crippen LogP) is 4.43. The van der Waals surface area contributed by atoms with Crippen LogP contribution >= 0.6 is 0 Å². The van der Waals surface area contributed by atoms with Crippen LogP contribution in [0.4, 0.5) is 11.4 Å². The summed E-state index contributed by atoms with van der Waals surface area (Å²) in [6, 6.07) is 13.5. The first-order chi connectivity index (χ1) is 20.5. The van der Waals surface area contributed by atoms with Crippen LogP contribution in [0, 0.1) is 31.6 Å². The van der Waals surface area contributed by atoms with Crippen LogP contribution in [-0.2, 0) is 19.1 Å². The van der Waals surface area contributed by atoms with Crippen molar-refractivity contribution in [3.05, 3.63) is 85.0 Å². The maximum absolute atomic E-state index is 14.9. The summed E-state index contributed by atoms with van der Waals surface area (Å²) in [7, 11) is 0. The van der Waals surface area contributed by atoms with Gasteiger partial charge in [0.25, 0.3) is 5.91 Å². The number of hydrogen-bond donors (Lipinski definition) is 1. The fourth-order valence-electron chi connectivity index (χ4n) is 7.92. The lowest BCUT2D eigenvalue weighted by atomic mass is 9.62. The largest absolute Gasteiger partial charge is 0.394 e. The highest BCUT2D eigenvalue weighted by molar-refractivity contribution is 6.07. The third-order valence-corrected chi connectivity index (χ3v) is 9.92. The van der Waals surface area contributed by atoms with Crippen molar-refractivity contribution in [1.29, 1.82) is 0 Å². The Morgan fingerprint density at radius 3 is 2.23 bits per heavy atom. The van der Waals surface area contributed by atoms with Crippen molar-refractivity contribution in [2.45, 2.75) is 64.3 Å². The standard InChI is InChI=1S/C35H43N3O5/c1-8-18-36(26-16-11-10-12-17-26)31(40)27-28-32(41)38(25(6)21-39)30(35(28)20-24(5)34(27,7)43-35)33(42)37(19-9-2)29-22(3)14-13-15-23(29)4/h8-17,24-25,27-28,30,39H,1-2,18-21H2,3-7H3/t24?,25-,27-,28+,30?,34+,35?/m1/s1. The molecular weight excluding hydrogens is 542 g/mol. The summed E-state index contributed by atoms with van der Waals surface area (Å²) in [5.41, 5.74) is 1.09. The zero-order valence-electron chi connectivity index (χ0n) is 25.8. The van der Waals surface area contributed by atoms with E-state index in [1.165, 1.54) is 4.90 Å². The molecule has 3 aliphatic rings. The van der Waals surface area contributed by atoms with E-state index in [-0.39, 0.29) is 43.3 Å². The van der Waals surface area contributed by atoms with Crippen LogP contribution in [-0.4, -0.2) is 70.7 Å². The molecule has 2 bridgehead atoms. The van der Waals surface area contributed by atoms with E-state index >= 15 is 0 Å². The first kappa shape index (κ1) is 30.7. The number of nitrogens with zero attached hydrogens (tertiary/aromatic N) is 3. The highest BCUT2D eigenvalue weighted by Crippen LogP contribution is 2.66. The van der Waals surface area contributed by atoms with E-state index in [1.807, 2.05) is 76.2 Å². The number of carbonyl (C=O) groups is 3. The quantitative estimate of drug-likeness (QED) is 0.417. The highest BCUT2D eigenvalue weighted by Gasteiger charge is 2.80. The number of aliphatic hydroxyl groups is 1. The van der Waals surface area contributed by atoms with Gasteiger partial charge < -0.3 is 24.5 Å². The molecule has 8 heteroatoms. The Morgan fingerprint density at radius 1 is 1.05 bits per heavy atom. The molecule has 3 amide bonds. The van der Waals surface area contributed by atoms with Crippen LogP contribution in [0.2, 0.25) is 0 Å². The maximum Gasteiger partial charge on any atom is 0.253 e. The van der Waals surface area contributed by atoms with Gasteiger partial charge in [-0.25, -0.2) is 0 Å². The zero-order chi connectivity index (χ0) is 31.3. The van der Waals surface area contributed by atoms with Crippen LogP contribution < -0.4 is 9.80 Å². The highest BCUT2D eigenvalue weighted by atomic mass is 16.5. The van der Waals surface area contributed by atoms with Gasteiger partial charge in [0.1, 0.15) is 11.6 Å². The second-order valence-corrected chi connectivity index (χ2v) is 12.5. The molecule has 8 nitrogen and oxygen atoms in total. The number of aliphatic hydroxyl groups excluding tert-OH is 1. The molecule has 43 heavy (non-hydrogen) atoms. The molecule has 0 aliphatic carbocycles. The molecule has 3 saturated heterocycles. The number of para-hydroxylation sites is 2. The number of hydrogen-bond acceptors (Lipinski definition) is 5. The average Bonchev–Trinajstić information content (AvgIpc) is 3.51. The summed E-state index contributed by atoms with van der Waals surface area (Å²) >= 11 is 0. The van der Waals surface area contributed by atoms with Gasteiger partial charge in [0, 0.05) is 24.5 Å². The van der Waals surface area contributed by atoms with Gasteiger partial charge in [0.05, 0.1) is 30.1 Å². The number of carbonyl (C=O) groups excluding carboxylic acids is 3. The van der Waals surface area contributed by atoms with E-state index in [9.17, 15) is 19.5 Å². The molecule has 3 unspecified atom stereocenters. The van der Waals surface area contributed by atoms with Crippen LogP contribution in [0.3, 0.4) is 0 Å². The summed E-state index contributed by atoms with van der Waals surface area (Å²) in [5, 5.41) is 10.3. The van der Waals surface area contributed by atoms with Crippen molar-refractivity contribution in [3.8, 4) is 0 Å². The first-order valence-electron chi connectivity index (χ1n) is 15.1. The third-order valence-electron chi connectivity index (χ3n) is 9.92.